The molecule has 2 nitrogen and oxygen atoms in total. The maximum absolute atomic E-state index is 11.2. The molecule has 22 heavy (non-hydrogen) atoms. The van der Waals surface area contributed by atoms with Crippen LogP contribution in [0.15, 0.2) is 23.8 Å². The van der Waals surface area contributed by atoms with Gasteiger partial charge in [-0.2, -0.15) is 0 Å². The highest BCUT2D eigenvalue weighted by Crippen LogP contribution is 2.63. The number of aldehydes is 1. The molecule has 3 aliphatic rings. The van der Waals surface area contributed by atoms with E-state index in [0.717, 1.165) is 31.1 Å². The lowest BCUT2D eigenvalue weighted by Gasteiger charge is -2.60. The van der Waals surface area contributed by atoms with E-state index in [1.165, 1.54) is 31.3 Å². The first-order valence-electron chi connectivity index (χ1n) is 8.87. The van der Waals surface area contributed by atoms with Gasteiger partial charge in [-0.15, -0.1) is 0 Å². The van der Waals surface area contributed by atoms with Gasteiger partial charge in [-0.3, -0.25) is 4.79 Å². The summed E-state index contributed by atoms with van der Waals surface area (Å²) in [5, 5.41) is 10.0. The van der Waals surface area contributed by atoms with Gasteiger partial charge in [-0.25, -0.2) is 0 Å². The predicted octanol–water partition coefficient (Wildman–Crippen LogP) is 4.29. The van der Waals surface area contributed by atoms with E-state index in [0.29, 0.717) is 24.4 Å². The van der Waals surface area contributed by atoms with Gasteiger partial charge in [0.25, 0.3) is 0 Å². The van der Waals surface area contributed by atoms with Crippen molar-refractivity contribution in [2.24, 2.45) is 28.6 Å². The van der Waals surface area contributed by atoms with Crippen LogP contribution in [0.2, 0.25) is 0 Å². The van der Waals surface area contributed by atoms with Crippen LogP contribution in [0.4, 0.5) is 0 Å². The summed E-state index contributed by atoms with van der Waals surface area (Å²) in [7, 11) is 0. The third-order valence-corrected chi connectivity index (χ3v) is 7.30. The summed E-state index contributed by atoms with van der Waals surface area (Å²) in [4.78, 5) is 11.2. The third-order valence-electron chi connectivity index (χ3n) is 7.30. The largest absolute Gasteiger partial charge is 0.396 e. The van der Waals surface area contributed by atoms with Gasteiger partial charge in [0, 0.05) is 6.61 Å². The van der Waals surface area contributed by atoms with Gasteiger partial charge in [0.1, 0.15) is 6.29 Å². The molecule has 0 aliphatic heterocycles. The summed E-state index contributed by atoms with van der Waals surface area (Å²) in [6.45, 7) is 9.38. The minimum atomic E-state index is 0.0722. The Bertz CT molecular complexity index is 506. The lowest BCUT2D eigenvalue weighted by atomic mass is 9.45. The number of allylic oxidation sites excluding steroid dienone is 3. The van der Waals surface area contributed by atoms with E-state index in [1.54, 1.807) is 0 Å². The number of carbonyl (C=O) groups is 1. The van der Waals surface area contributed by atoms with Crippen LogP contribution in [-0.4, -0.2) is 18.0 Å². The van der Waals surface area contributed by atoms with Gasteiger partial charge in [-0.1, -0.05) is 38.5 Å². The number of aliphatic hydroxyl groups excluding tert-OH is 1. The molecule has 2 saturated carbocycles. The maximum Gasteiger partial charge on any atom is 0.146 e. The topological polar surface area (TPSA) is 37.3 Å². The molecule has 0 saturated heterocycles. The van der Waals surface area contributed by atoms with E-state index in [9.17, 15) is 9.90 Å². The molecule has 3 rings (SSSR count). The van der Waals surface area contributed by atoms with Crippen molar-refractivity contribution in [1.82, 2.24) is 0 Å². The summed E-state index contributed by atoms with van der Waals surface area (Å²) in [5.41, 5.74) is 2.52. The van der Waals surface area contributed by atoms with Crippen LogP contribution >= 0.6 is 0 Å². The molecule has 2 fully saturated rings. The van der Waals surface area contributed by atoms with E-state index in [4.69, 9.17) is 0 Å². The Balaban J connectivity index is 1.97. The fourth-order valence-corrected chi connectivity index (χ4v) is 6.09. The first-order chi connectivity index (χ1) is 10.4. The Kier molecular flexibility index (Phi) is 4.09. The van der Waals surface area contributed by atoms with Gasteiger partial charge < -0.3 is 5.11 Å². The second-order valence-corrected chi connectivity index (χ2v) is 8.48. The van der Waals surface area contributed by atoms with Crippen LogP contribution in [0.3, 0.4) is 0 Å². The number of rotatable bonds is 2. The Labute approximate surface area is 134 Å². The minimum Gasteiger partial charge on any atom is -0.396 e. The standard InChI is InChI=1S/C20H30O2/c1-14-11-15(12-21)5-7-17-16(14)6-8-18-19(2,13-22)9-4-10-20(17,18)3/h5,12,16-18,22H,1,4,6-11,13H2,2-3H3. The molecule has 0 aromatic heterocycles. The summed E-state index contributed by atoms with van der Waals surface area (Å²) in [5.74, 6) is 1.73. The lowest BCUT2D eigenvalue weighted by molar-refractivity contribution is -0.113. The average Bonchev–Trinajstić information content (AvgIpc) is 2.67. The molecule has 3 aliphatic carbocycles. The zero-order valence-corrected chi connectivity index (χ0v) is 14.1. The van der Waals surface area contributed by atoms with E-state index in [-0.39, 0.29) is 10.8 Å². The second-order valence-electron chi connectivity index (χ2n) is 8.48. The van der Waals surface area contributed by atoms with Gasteiger partial charge in [0.05, 0.1) is 0 Å². The van der Waals surface area contributed by atoms with E-state index in [2.05, 4.69) is 26.5 Å². The van der Waals surface area contributed by atoms with Crippen molar-refractivity contribution in [2.75, 3.05) is 6.61 Å². The monoisotopic (exact) mass is 302 g/mol. The van der Waals surface area contributed by atoms with Gasteiger partial charge in [-0.05, 0) is 72.7 Å². The van der Waals surface area contributed by atoms with Crippen molar-refractivity contribution in [1.29, 1.82) is 0 Å². The average molecular weight is 302 g/mol. The molecule has 122 valence electrons. The highest BCUT2D eigenvalue weighted by molar-refractivity contribution is 5.74. The van der Waals surface area contributed by atoms with Crippen molar-refractivity contribution < 1.29 is 9.90 Å². The lowest BCUT2D eigenvalue weighted by Crippen LogP contribution is -2.53. The summed E-state index contributed by atoms with van der Waals surface area (Å²) in [6.07, 6.45) is 11.0. The van der Waals surface area contributed by atoms with E-state index in [1.807, 2.05) is 0 Å². The Hall–Kier alpha value is -0.890. The zero-order chi connectivity index (χ0) is 16.0. The molecule has 0 aromatic rings. The molecule has 0 spiro atoms. The van der Waals surface area contributed by atoms with Gasteiger partial charge in [0.2, 0.25) is 0 Å². The van der Waals surface area contributed by atoms with Crippen LogP contribution in [-0.2, 0) is 4.79 Å². The first kappa shape index (κ1) is 16.0. The van der Waals surface area contributed by atoms with Crippen molar-refractivity contribution in [2.45, 2.75) is 58.8 Å². The van der Waals surface area contributed by atoms with Crippen molar-refractivity contribution in [3.63, 3.8) is 0 Å². The van der Waals surface area contributed by atoms with Crippen molar-refractivity contribution >= 4 is 6.29 Å². The normalized spacial score (nSPS) is 45.3. The van der Waals surface area contributed by atoms with Crippen molar-refractivity contribution in [3.8, 4) is 0 Å². The summed E-state index contributed by atoms with van der Waals surface area (Å²) >= 11 is 0. The predicted molar refractivity (Wildman–Crippen MR) is 89.4 cm³/mol. The molecular weight excluding hydrogens is 272 g/mol. The molecular formula is C20H30O2. The molecule has 0 heterocycles. The summed E-state index contributed by atoms with van der Waals surface area (Å²) in [6, 6.07) is 0. The van der Waals surface area contributed by atoms with Crippen LogP contribution in [0.25, 0.3) is 0 Å². The van der Waals surface area contributed by atoms with Gasteiger partial charge >= 0.3 is 0 Å². The third kappa shape index (κ3) is 2.31. The molecule has 0 aromatic carbocycles. The Morgan fingerprint density at radius 2 is 2.14 bits per heavy atom. The molecule has 2 heteroatoms. The van der Waals surface area contributed by atoms with E-state index >= 15 is 0 Å². The number of carbonyl (C=O) groups excluding carboxylic acids is 1. The molecule has 0 bridgehead atoms. The van der Waals surface area contributed by atoms with Crippen LogP contribution in [0.1, 0.15) is 58.8 Å². The van der Waals surface area contributed by atoms with E-state index < -0.39 is 0 Å². The number of fused-ring (bicyclic) bond motifs is 3. The maximum atomic E-state index is 11.2. The minimum absolute atomic E-state index is 0.0722. The number of hydrogen-bond acceptors (Lipinski definition) is 2. The molecule has 0 amide bonds. The highest BCUT2D eigenvalue weighted by Gasteiger charge is 2.56. The Morgan fingerprint density at radius 3 is 2.82 bits per heavy atom. The van der Waals surface area contributed by atoms with Crippen molar-refractivity contribution in [3.05, 3.63) is 23.8 Å². The quantitative estimate of drug-likeness (QED) is 0.610. The first-order valence-corrected chi connectivity index (χ1v) is 8.87. The van der Waals surface area contributed by atoms with Gasteiger partial charge in [0.15, 0.2) is 0 Å². The molecule has 0 radical (unpaired) electrons. The Morgan fingerprint density at radius 1 is 1.36 bits per heavy atom. The summed E-state index contributed by atoms with van der Waals surface area (Å²) < 4.78 is 0. The fourth-order valence-electron chi connectivity index (χ4n) is 6.09. The van der Waals surface area contributed by atoms with Crippen LogP contribution in [0, 0.1) is 28.6 Å². The fraction of sp³-hybridized carbons (Fsp3) is 0.750. The number of aliphatic hydroxyl groups is 1. The van der Waals surface area contributed by atoms with Crippen LogP contribution < -0.4 is 0 Å². The SMILES string of the molecule is C=C1CC(C=O)=CCC2C1CCC1C(C)(CO)CCCC21C. The highest BCUT2D eigenvalue weighted by atomic mass is 16.3. The molecule has 5 unspecified atom stereocenters. The second kappa shape index (κ2) is 5.63. The zero-order valence-electron chi connectivity index (χ0n) is 14.1. The molecule has 1 N–H and O–H groups in total. The smallest absolute Gasteiger partial charge is 0.146 e. The molecule has 5 atom stereocenters. The number of hydrogen-bond donors (Lipinski definition) is 1. The van der Waals surface area contributed by atoms with Crippen LogP contribution in [0.5, 0.6) is 0 Å².